The first-order valence-corrected chi connectivity index (χ1v) is 5.58. The van der Waals surface area contributed by atoms with E-state index < -0.39 is 0 Å². The molecule has 0 fully saturated rings. The Morgan fingerprint density at radius 1 is 1.31 bits per heavy atom. The molecule has 0 rings (SSSR count). The van der Waals surface area contributed by atoms with Crippen molar-refractivity contribution >= 4 is 11.6 Å². The van der Waals surface area contributed by atoms with Gasteiger partial charge in [-0.25, -0.2) is 0 Å². The molecule has 0 bridgehead atoms. The predicted molar refractivity (Wildman–Crippen MR) is 58.5 cm³/mol. The van der Waals surface area contributed by atoms with E-state index in [2.05, 4.69) is 26.1 Å². The summed E-state index contributed by atoms with van der Waals surface area (Å²) in [5.74, 6) is 1.42. The van der Waals surface area contributed by atoms with Gasteiger partial charge >= 0.3 is 0 Å². The highest BCUT2D eigenvalue weighted by Gasteiger charge is 1.99. The Kier molecular flexibility index (Phi) is 8.93. The van der Waals surface area contributed by atoms with Gasteiger partial charge < -0.3 is 10.1 Å². The van der Waals surface area contributed by atoms with E-state index in [1.54, 1.807) is 0 Å². The predicted octanol–water partition coefficient (Wildman–Crippen LogP) is 2.27. The van der Waals surface area contributed by atoms with Gasteiger partial charge in [0.2, 0.25) is 0 Å². The SMILES string of the molecule is CC(CCCl)CNCCOC(C)C. The quantitative estimate of drug-likeness (QED) is 0.487. The van der Waals surface area contributed by atoms with Crippen LogP contribution in [0.2, 0.25) is 0 Å². The van der Waals surface area contributed by atoms with Gasteiger partial charge in [0.15, 0.2) is 0 Å². The van der Waals surface area contributed by atoms with E-state index in [1.165, 1.54) is 0 Å². The zero-order valence-corrected chi connectivity index (χ0v) is 9.73. The molecule has 0 heterocycles. The maximum absolute atomic E-state index is 5.63. The molecule has 0 radical (unpaired) electrons. The van der Waals surface area contributed by atoms with E-state index in [0.29, 0.717) is 12.0 Å². The third-order valence-corrected chi connectivity index (χ3v) is 2.04. The van der Waals surface area contributed by atoms with Crippen molar-refractivity contribution in [3.05, 3.63) is 0 Å². The smallest absolute Gasteiger partial charge is 0.0594 e. The normalized spacial score (nSPS) is 13.6. The zero-order chi connectivity index (χ0) is 10.1. The number of hydrogen-bond donors (Lipinski definition) is 1. The molecule has 0 saturated carbocycles. The highest BCUT2D eigenvalue weighted by atomic mass is 35.5. The van der Waals surface area contributed by atoms with Gasteiger partial charge in [-0.15, -0.1) is 11.6 Å². The summed E-state index contributed by atoms with van der Waals surface area (Å²) in [6, 6.07) is 0. The molecule has 0 aromatic rings. The summed E-state index contributed by atoms with van der Waals surface area (Å²) in [5.41, 5.74) is 0. The van der Waals surface area contributed by atoms with Crippen LogP contribution in [0.4, 0.5) is 0 Å². The second-order valence-corrected chi connectivity index (χ2v) is 4.08. The van der Waals surface area contributed by atoms with Crippen molar-refractivity contribution in [3.8, 4) is 0 Å². The lowest BCUT2D eigenvalue weighted by molar-refractivity contribution is 0.0804. The molecule has 0 saturated heterocycles. The number of hydrogen-bond acceptors (Lipinski definition) is 2. The van der Waals surface area contributed by atoms with Crippen molar-refractivity contribution in [1.82, 2.24) is 5.32 Å². The third kappa shape index (κ3) is 10.1. The van der Waals surface area contributed by atoms with Crippen molar-refractivity contribution in [2.45, 2.75) is 33.3 Å². The fraction of sp³-hybridized carbons (Fsp3) is 1.00. The van der Waals surface area contributed by atoms with Crippen molar-refractivity contribution in [3.63, 3.8) is 0 Å². The van der Waals surface area contributed by atoms with E-state index in [0.717, 1.165) is 32.0 Å². The second-order valence-electron chi connectivity index (χ2n) is 3.71. The summed E-state index contributed by atoms with van der Waals surface area (Å²) >= 11 is 5.63. The van der Waals surface area contributed by atoms with Crippen LogP contribution in [0.3, 0.4) is 0 Å². The first-order valence-electron chi connectivity index (χ1n) is 5.05. The van der Waals surface area contributed by atoms with Crippen LogP contribution < -0.4 is 5.32 Å². The molecule has 0 aromatic carbocycles. The third-order valence-electron chi connectivity index (χ3n) is 1.82. The van der Waals surface area contributed by atoms with Crippen LogP contribution in [0.25, 0.3) is 0 Å². The summed E-state index contributed by atoms with van der Waals surface area (Å²) in [4.78, 5) is 0. The van der Waals surface area contributed by atoms with Crippen LogP contribution in [0.15, 0.2) is 0 Å². The highest BCUT2D eigenvalue weighted by Crippen LogP contribution is 2.00. The van der Waals surface area contributed by atoms with Crippen molar-refractivity contribution in [2.24, 2.45) is 5.92 Å². The van der Waals surface area contributed by atoms with Crippen molar-refractivity contribution in [1.29, 1.82) is 0 Å². The molecule has 0 aliphatic heterocycles. The monoisotopic (exact) mass is 207 g/mol. The number of nitrogens with one attached hydrogen (secondary N) is 1. The topological polar surface area (TPSA) is 21.3 Å². The largest absolute Gasteiger partial charge is 0.377 e. The lowest BCUT2D eigenvalue weighted by Crippen LogP contribution is -2.26. The Labute approximate surface area is 87.0 Å². The average molecular weight is 208 g/mol. The molecule has 1 N–H and O–H groups in total. The molecule has 0 amide bonds. The van der Waals surface area contributed by atoms with Crippen LogP contribution in [0.5, 0.6) is 0 Å². The molecule has 1 atom stereocenters. The van der Waals surface area contributed by atoms with Gasteiger partial charge in [0.25, 0.3) is 0 Å². The second kappa shape index (κ2) is 8.79. The number of rotatable bonds is 8. The molecule has 13 heavy (non-hydrogen) atoms. The molecular formula is C10H22ClNO. The van der Waals surface area contributed by atoms with Crippen LogP contribution in [-0.4, -0.2) is 31.7 Å². The van der Waals surface area contributed by atoms with Crippen molar-refractivity contribution < 1.29 is 4.74 Å². The van der Waals surface area contributed by atoms with E-state index in [9.17, 15) is 0 Å². The van der Waals surface area contributed by atoms with Gasteiger partial charge in [-0.05, 0) is 32.7 Å². The summed E-state index contributed by atoms with van der Waals surface area (Å²) in [6.07, 6.45) is 1.42. The zero-order valence-electron chi connectivity index (χ0n) is 8.98. The highest BCUT2D eigenvalue weighted by molar-refractivity contribution is 6.17. The minimum absolute atomic E-state index is 0.335. The van der Waals surface area contributed by atoms with E-state index in [4.69, 9.17) is 16.3 Å². The van der Waals surface area contributed by atoms with Crippen LogP contribution in [-0.2, 0) is 4.74 Å². The van der Waals surface area contributed by atoms with E-state index in [-0.39, 0.29) is 0 Å². The maximum atomic E-state index is 5.63. The average Bonchev–Trinajstić information content (AvgIpc) is 2.03. The summed E-state index contributed by atoms with van der Waals surface area (Å²) in [7, 11) is 0. The Balaban J connectivity index is 3.06. The molecule has 1 unspecified atom stereocenters. The standard InChI is InChI=1S/C10H22ClNO/c1-9(2)13-7-6-12-8-10(3)4-5-11/h9-10,12H,4-8H2,1-3H3. The Morgan fingerprint density at radius 3 is 2.54 bits per heavy atom. The summed E-state index contributed by atoms with van der Waals surface area (Å²) in [5, 5.41) is 3.34. The number of alkyl halides is 1. The van der Waals surface area contributed by atoms with Crippen molar-refractivity contribution in [2.75, 3.05) is 25.6 Å². The Morgan fingerprint density at radius 2 is 2.00 bits per heavy atom. The maximum Gasteiger partial charge on any atom is 0.0594 e. The molecule has 80 valence electrons. The fourth-order valence-electron chi connectivity index (χ4n) is 1.00. The lowest BCUT2D eigenvalue weighted by atomic mass is 10.1. The Hall–Kier alpha value is 0.210. The van der Waals surface area contributed by atoms with Crippen LogP contribution >= 0.6 is 11.6 Å². The Bertz CT molecular complexity index is 109. The van der Waals surface area contributed by atoms with Gasteiger partial charge in [0, 0.05) is 12.4 Å². The summed E-state index contributed by atoms with van der Waals surface area (Å²) in [6.45, 7) is 9.08. The molecule has 0 spiro atoms. The first-order chi connectivity index (χ1) is 6.16. The van der Waals surface area contributed by atoms with Gasteiger partial charge in [-0.1, -0.05) is 6.92 Å². The molecule has 0 aliphatic rings. The fourth-order valence-corrected chi connectivity index (χ4v) is 1.38. The lowest BCUT2D eigenvalue weighted by Gasteiger charge is -2.12. The van der Waals surface area contributed by atoms with E-state index in [1.807, 2.05) is 0 Å². The molecule has 3 heteroatoms. The van der Waals surface area contributed by atoms with Crippen LogP contribution in [0, 0.1) is 5.92 Å². The summed E-state index contributed by atoms with van der Waals surface area (Å²) < 4.78 is 5.40. The molecular weight excluding hydrogens is 186 g/mol. The van der Waals surface area contributed by atoms with Gasteiger partial charge in [0.05, 0.1) is 12.7 Å². The first kappa shape index (κ1) is 13.2. The number of halogens is 1. The molecule has 2 nitrogen and oxygen atoms in total. The van der Waals surface area contributed by atoms with Gasteiger partial charge in [-0.2, -0.15) is 0 Å². The van der Waals surface area contributed by atoms with Gasteiger partial charge in [0.1, 0.15) is 0 Å². The minimum Gasteiger partial charge on any atom is -0.377 e. The van der Waals surface area contributed by atoms with Gasteiger partial charge in [-0.3, -0.25) is 0 Å². The van der Waals surface area contributed by atoms with E-state index >= 15 is 0 Å². The van der Waals surface area contributed by atoms with Crippen LogP contribution in [0.1, 0.15) is 27.2 Å². The number of ether oxygens (including phenoxy) is 1. The molecule has 0 aliphatic carbocycles. The minimum atomic E-state index is 0.335. The molecule has 0 aromatic heterocycles.